The maximum atomic E-state index is 10.9. The number of nitrogens with one attached hydrogen (secondary N) is 1. The second kappa shape index (κ2) is 13.7. The highest BCUT2D eigenvalue weighted by atomic mass is 32.1. The van der Waals surface area contributed by atoms with Crippen LogP contribution in [0.1, 0.15) is 74.3 Å². The molecule has 0 amide bonds. The molecule has 0 aliphatic carbocycles. The Morgan fingerprint density at radius 3 is 1.92 bits per heavy atom. The summed E-state index contributed by atoms with van der Waals surface area (Å²) < 4.78 is 7.92. The quantitative estimate of drug-likeness (QED) is 0.323. The van der Waals surface area contributed by atoms with Crippen LogP contribution in [0.25, 0.3) is 0 Å². The van der Waals surface area contributed by atoms with Gasteiger partial charge in [0.25, 0.3) is 0 Å². The first-order valence-corrected chi connectivity index (χ1v) is 9.87. The molecule has 1 aromatic rings. The molecule has 1 aromatic carbocycles. The van der Waals surface area contributed by atoms with E-state index in [9.17, 15) is 4.79 Å². The van der Waals surface area contributed by atoms with Crippen molar-refractivity contribution in [3.8, 4) is 0 Å². The van der Waals surface area contributed by atoms with Crippen LogP contribution in [0.2, 0.25) is 0 Å². The van der Waals surface area contributed by atoms with Crippen LogP contribution >= 0.6 is 12.8 Å². The summed E-state index contributed by atoms with van der Waals surface area (Å²) in [7, 11) is 0. The zero-order chi connectivity index (χ0) is 20.8. The zero-order valence-corrected chi connectivity index (χ0v) is 19.0. The molecule has 0 atom stereocenters. The molecule has 3 nitrogen and oxygen atoms in total. The van der Waals surface area contributed by atoms with Gasteiger partial charge in [-0.2, -0.15) is 0 Å². The maximum absolute atomic E-state index is 10.9. The van der Waals surface area contributed by atoms with E-state index in [0.29, 0.717) is 6.61 Å². The minimum atomic E-state index is -0.245. The summed E-state index contributed by atoms with van der Waals surface area (Å²) in [6.07, 6.45) is 5.53. The normalized spacial score (nSPS) is 11.0. The number of anilines is 1. The third-order valence-corrected chi connectivity index (χ3v) is 3.61. The van der Waals surface area contributed by atoms with E-state index < -0.39 is 0 Å². The fraction of sp³-hybridized carbons (Fsp3) is 0.591. The minimum Gasteiger partial charge on any atom is -0.465 e. The van der Waals surface area contributed by atoms with E-state index in [1.165, 1.54) is 18.9 Å². The molecule has 0 saturated heterocycles. The third kappa shape index (κ3) is 12.0. The molecule has 0 radical (unpaired) electrons. The van der Waals surface area contributed by atoms with Gasteiger partial charge in [-0.3, -0.25) is 4.79 Å². The van der Waals surface area contributed by atoms with Gasteiger partial charge in [0, 0.05) is 23.4 Å². The summed E-state index contributed by atoms with van der Waals surface area (Å²) in [6.45, 7) is 18.5. The number of benzene rings is 1. The van der Waals surface area contributed by atoms with Gasteiger partial charge in [0.05, 0.1) is 6.61 Å². The zero-order valence-electron chi connectivity index (χ0n) is 18.1. The number of hydrogen-bond acceptors (Lipinski definition) is 4. The van der Waals surface area contributed by atoms with Crippen LogP contribution in [-0.2, 0) is 14.9 Å². The smallest absolute Gasteiger partial charge is 0.302 e. The Hall–Kier alpha value is -1.42. The Balaban J connectivity index is 0. The SMILES string of the molecule is CC.CC(=O)OCC(C)(C)/C=C/C(C)(C)c1ccc(NS)cc1.CCC. The van der Waals surface area contributed by atoms with E-state index in [-0.39, 0.29) is 16.8 Å². The second-order valence-electron chi connectivity index (χ2n) is 7.22. The minimum absolute atomic E-state index is 0.0946. The molecule has 0 fully saturated rings. The number of ether oxygens (including phenoxy) is 1. The van der Waals surface area contributed by atoms with Crippen LogP contribution in [0.4, 0.5) is 5.69 Å². The Labute approximate surface area is 167 Å². The molecular weight excluding hydrogens is 342 g/mol. The van der Waals surface area contributed by atoms with Gasteiger partial charge in [0.15, 0.2) is 0 Å². The lowest BCUT2D eigenvalue weighted by Gasteiger charge is -2.25. The molecule has 1 rings (SSSR count). The fourth-order valence-corrected chi connectivity index (χ4v) is 1.99. The van der Waals surface area contributed by atoms with E-state index in [1.54, 1.807) is 0 Å². The van der Waals surface area contributed by atoms with Crippen molar-refractivity contribution in [1.29, 1.82) is 0 Å². The fourth-order valence-electron chi connectivity index (χ4n) is 1.84. The molecule has 0 saturated carbocycles. The molecule has 1 N–H and O–H groups in total. The van der Waals surface area contributed by atoms with Crippen LogP contribution in [0.3, 0.4) is 0 Å². The van der Waals surface area contributed by atoms with Crippen LogP contribution in [0.15, 0.2) is 36.4 Å². The largest absolute Gasteiger partial charge is 0.465 e. The van der Waals surface area contributed by atoms with Gasteiger partial charge in [0.1, 0.15) is 0 Å². The van der Waals surface area contributed by atoms with Gasteiger partial charge >= 0.3 is 5.97 Å². The van der Waals surface area contributed by atoms with E-state index >= 15 is 0 Å². The number of hydrogen-bond donors (Lipinski definition) is 2. The number of rotatable bonds is 6. The van der Waals surface area contributed by atoms with Gasteiger partial charge in [-0.25, -0.2) is 0 Å². The van der Waals surface area contributed by atoms with Crippen molar-refractivity contribution in [2.45, 2.75) is 74.1 Å². The Bertz CT molecular complexity index is 519. The van der Waals surface area contributed by atoms with Gasteiger partial charge in [-0.1, -0.05) is 98.9 Å². The molecule has 0 unspecified atom stereocenters. The summed E-state index contributed by atoms with van der Waals surface area (Å²) in [5.41, 5.74) is 1.91. The average Bonchev–Trinajstić information content (AvgIpc) is 2.61. The summed E-state index contributed by atoms with van der Waals surface area (Å²) in [6, 6.07) is 8.17. The predicted octanol–water partition coefficient (Wildman–Crippen LogP) is 6.81. The highest BCUT2D eigenvalue weighted by molar-refractivity contribution is 7.81. The molecular formula is C22H39NO2S. The first-order chi connectivity index (χ1) is 12.1. The lowest BCUT2D eigenvalue weighted by molar-refractivity contribution is -0.143. The molecule has 0 aliphatic rings. The summed E-state index contributed by atoms with van der Waals surface area (Å²) >= 11 is 4.03. The maximum Gasteiger partial charge on any atom is 0.302 e. The molecule has 0 bridgehead atoms. The molecule has 150 valence electrons. The molecule has 0 spiro atoms. The van der Waals surface area contributed by atoms with Crippen LogP contribution < -0.4 is 4.72 Å². The number of esters is 1. The van der Waals surface area contributed by atoms with Crippen molar-refractivity contribution in [3.05, 3.63) is 42.0 Å². The van der Waals surface area contributed by atoms with Gasteiger partial charge in [-0.05, 0) is 17.7 Å². The first-order valence-electron chi connectivity index (χ1n) is 9.42. The predicted molar refractivity (Wildman–Crippen MR) is 119 cm³/mol. The number of thiol groups is 1. The molecule has 0 aliphatic heterocycles. The lowest BCUT2D eigenvalue weighted by Crippen LogP contribution is -2.21. The summed E-state index contributed by atoms with van der Waals surface area (Å²) in [5.74, 6) is -0.245. The van der Waals surface area contributed by atoms with Gasteiger partial charge in [0.2, 0.25) is 0 Å². The Morgan fingerprint density at radius 1 is 1.08 bits per heavy atom. The standard InChI is InChI=1S/C17H25NO2S.C3H8.C2H6/c1-13(19)20-12-16(2,3)10-11-17(4,5)14-6-8-15(18-21)9-7-14;1-3-2;1-2/h6-11,18,21H,12H2,1-5H3;3H2,1-2H3;1-2H3/b11-10+;;. The van der Waals surface area contributed by atoms with Gasteiger partial charge in [-0.15, -0.1) is 0 Å². The van der Waals surface area contributed by atoms with Gasteiger partial charge < -0.3 is 9.46 Å². The number of carbonyl (C=O) groups is 1. The Kier molecular flexibility index (Phi) is 14.2. The monoisotopic (exact) mass is 381 g/mol. The van der Waals surface area contributed by atoms with Crippen LogP contribution in [0, 0.1) is 5.41 Å². The average molecular weight is 382 g/mol. The topological polar surface area (TPSA) is 38.3 Å². The van der Waals surface area contributed by atoms with Crippen molar-refractivity contribution in [3.63, 3.8) is 0 Å². The second-order valence-corrected chi connectivity index (χ2v) is 7.44. The molecule has 26 heavy (non-hydrogen) atoms. The van der Waals surface area contributed by atoms with Crippen molar-refractivity contribution >= 4 is 24.5 Å². The summed E-state index contributed by atoms with van der Waals surface area (Å²) in [5, 5.41) is 0. The van der Waals surface area contributed by atoms with E-state index in [4.69, 9.17) is 4.74 Å². The molecule has 4 heteroatoms. The third-order valence-electron chi connectivity index (χ3n) is 3.36. The molecule has 0 heterocycles. The summed E-state index contributed by atoms with van der Waals surface area (Å²) in [4.78, 5) is 10.9. The van der Waals surface area contributed by atoms with Crippen molar-refractivity contribution in [2.24, 2.45) is 5.41 Å². The van der Waals surface area contributed by atoms with Crippen LogP contribution in [0.5, 0.6) is 0 Å². The lowest BCUT2D eigenvalue weighted by atomic mass is 9.81. The number of allylic oxidation sites excluding steroid dienone is 1. The van der Waals surface area contributed by atoms with Crippen molar-refractivity contribution < 1.29 is 9.53 Å². The van der Waals surface area contributed by atoms with E-state index in [0.717, 1.165) is 5.69 Å². The van der Waals surface area contributed by atoms with Crippen molar-refractivity contribution in [2.75, 3.05) is 11.3 Å². The van der Waals surface area contributed by atoms with Crippen molar-refractivity contribution in [1.82, 2.24) is 0 Å². The van der Waals surface area contributed by atoms with E-state index in [1.807, 2.05) is 26.0 Å². The first kappa shape index (κ1) is 26.8. The van der Waals surface area contributed by atoms with E-state index in [2.05, 4.69) is 83.4 Å². The Morgan fingerprint density at radius 2 is 1.54 bits per heavy atom. The molecule has 0 aromatic heterocycles. The highest BCUT2D eigenvalue weighted by Crippen LogP contribution is 2.29. The highest BCUT2D eigenvalue weighted by Gasteiger charge is 2.21. The number of carbonyl (C=O) groups excluding carboxylic acids is 1. The van der Waals surface area contributed by atoms with Crippen LogP contribution in [-0.4, -0.2) is 12.6 Å².